The summed E-state index contributed by atoms with van der Waals surface area (Å²) in [7, 11) is 0. The molecular formula is C21H19F3N6O. The quantitative estimate of drug-likeness (QED) is 0.629. The third kappa shape index (κ3) is 3.13. The van der Waals surface area contributed by atoms with E-state index < -0.39 is 17.4 Å². The van der Waals surface area contributed by atoms with Crippen molar-refractivity contribution in [2.75, 3.05) is 5.32 Å². The second-order valence-corrected chi connectivity index (χ2v) is 7.85. The van der Waals surface area contributed by atoms with Crippen molar-refractivity contribution in [1.29, 1.82) is 0 Å². The number of hydrogen-bond acceptors (Lipinski definition) is 5. The van der Waals surface area contributed by atoms with Crippen LogP contribution in [0.4, 0.5) is 19.0 Å². The van der Waals surface area contributed by atoms with E-state index >= 15 is 0 Å². The Kier molecular flexibility index (Phi) is 4.45. The minimum absolute atomic E-state index is 0.000523. The number of nitrogens with zero attached hydrogens (tertiary/aromatic N) is 5. The predicted molar refractivity (Wildman–Crippen MR) is 105 cm³/mol. The lowest BCUT2D eigenvalue weighted by molar-refractivity contribution is -0.137. The molecule has 160 valence electrons. The summed E-state index contributed by atoms with van der Waals surface area (Å²) < 4.78 is 39.7. The van der Waals surface area contributed by atoms with Crippen LogP contribution in [-0.2, 0) is 11.0 Å². The number of pyridine rings is 1. The molecule has 2 fully saturated rings. The monoisotopic (exact) mass is 428 g/mol. The molecule has 4 heterocycles. The summed E-state index contributed by atoms with van der Waals surface area (Å²) in [5.74, 6) is -0.0843. The Hall–Kier alpha value is -3.43. The van der Waals surface area contributed by atoms with E-state index in [0.717, 1.165) is 42.4 Å². The fourth-order valence-corrected chi connectivity index (χ4v) is 5.01. The molecule has 0 saturated carbocycles. The van der Waals surface area contributed by atoms with Crippen molar-refractivity contribution in [2.45, 2.75) is 43.1 Å². The molecule has 2 aliphatic rings. The van der Waals surface area contributed by atoms with Gasteiger partial charge in [-0.1, -0.05) is 18.2 Å². The van der Waals surface area contributed by atoms with Gasteiger partial charge in [-0.3, -0.25) is 4.79 Å². The molecular weight excluding hydrogens is 409 g/mol. The number of anilines is 1. The van der Waals surface area contributed by atoms with Gasteiger partial charge in [0.15, 0.2) is 0 Å². The number of nitrogens with one attached hydrogen (secondary N) is 1. The number of carbonyl (C=O) groups excluding carboxylic acids is 1. The molecule has 3 aromatic rings. The fourth-order valence-electron chi connectivity index (χ4n) is 5.01. The maximum atomic E-state index is 13.2. The highest BCUT2D eigenvalue weighted by atomic mass is 19.4. The van der Waals surface area contributed by atoms with Gasteiger partial charge in [-0.15, -0.1) is 0 Å². The molecule has 3 unspecified atom stereocenters. The van der Waals surface area contributed by atoms with Gasteiger partial charge >= 0.3 is 6.18 Å². The molecule has 31 heavy (non-hydrogen) atoms. The number of amides is 1. The van der Waals surface area contributed by atoms with Crippen LogP contribution in [-0.4, -0.2) is 43.0 Å². The normalized spacial score (nSPS) is 25.1. The summed E-state index contributed by atoms with van der Waals surface area (Å²) in [4.78, 5) is 19.4. The Morgan fingerprint density at radius 3 is 2.65 bits per heavy atom. The van der Waals surface area contributed by atoms with Gasteiger partial charge in [-0.2, -0.15) is 28.2 Å². The molecule has 2 aliphatic heterocycles. The maximum Gasteiger partial charge on any atom is 0.416 e. The summed E-state index contributed by atoms with van der Waals surface area (Å²) in [6.07, 6.45) is 2.64. The SMILES string of the molecule is O=CN1C2CCC1(Nc1cc(C(F)(F)F)ccn1)C(c1ccccc1-n1nccn1)C2. The Labute approximate surface area is 175 Å². The van der Waals surface area contributed by atoms with E-state index in [4.69, 9.17) is 0 Å². The summed E-state index contributed by atoms with van der Waals surface area (Å²) in [6.45, 7) is 0. The number of aromatic nitrogens is 4. The first-order chi connectivity index (χ1) is 14.9. The van der Waals surface area contributed by atoms with Crippen molar-refractivity contribution in [1.82, 2.24) is 24.9 Å². The highest BCUT2D eigenvalue weighted by Gasteiger charge is 2.59. The van der Waals surface area contributed by atoms with Crippen LogP contribution >= 0.6 is 0 Å². The molecule has 3 atom stereocenters. The first-order valence-corrected chi connectivity index (χ1v) is 9.93. The Balaban J connectivity index is 1.58. The molecule has 1 aromatic carbocycles. The molecule has 7 nitrogen and oxygen atoms in total. The first kappa shape index (κ1) is 19.5. The van der Waals surface area contributed by atoms with Crippen molar-refractivity contribution >= 4 is 12.2 Å². The Morgan fingerprint density at radius 1 is 1.13 bits per heavy atom. The van der Waals surface area contributed by atoms with E-state index in [-0.39, 0.29) is 17.8 Å². The summed E-state index contributed by atoms with van der Waals surface area (Å²) in [6, 6.07) is 9.54. The number of rotatable bonds is 5. The molecule has 5 rings (SSSR count). The molecule has 1 amide bonds. The average Bonchev–Trinajstić information content (AvgIpc) is 3.47. The lowest BCUT2D eigenvalue weighted by atomic mass is 9.78. The van der Waals surface area contributed by atoms with E-state index in [0.29, 0.717) is 12.8 Å². The number of para-hydroxylation sites is 1. The smallest absolute Gasteiger partial charge is 0.347 e. The van der Waals surface area contributed by atoms with E-state index in [1.807, 2.05) is 24.3 Å². The molecule has 0 aliphatic carbocycles. The summed E-state index contributed by atoms with van der Waals surface area (Å²) >= 11 is 0. The highest BCUT2D eigenvalue weighted by molar-refractivity contribution is 5.59. The van der Waals surface area contributed by atoms with E-state index in [2.05, 4.69) is 20.5 Å². The summed E-state index contributed by atoms with van der Waals surface area (Å²) in [5, 5.41) is 11.7. The van der Waals surface area contributed by atoms with Gasteiger partial charge in [0.2, 0.25) is 6.41 Å². The third-order valence-electron chi connectivity index (χ3n) is 6.29. The Morgan fingerprint density at radius 2 is 1.90 bits per heavy atom. The molecule has 0 spiro atoms. The number of fused-ring (bicyclic) bond motifs is 2. The molecule has 1 N–H and O–H groups in total. The zero-order valence-electron chi connectivity index (χ0n) is 16.3. The minimum atomic E-state index is -4.48. The van der Waals surface area contributed by atoms with Gasteiger partial charge in [0.25, 0.3) is 0 Å². The average molecular weight is 428 g/mol. The number of alkyl halides is 3. The number of carbonyl (C=O) groups is 1. The maximum absolute atomic E-state index is 13.2. The van der Waals surface area contributed by atoms with Gasteiger partial charge in [0, 0.05) is 18.2 Å². The van der Waals surface area contributed by atoms with Crippen LogP contribution in [0.2, 0.25) is 0 Å². The van der Waals surface area contributed by atoms with Crippen molar-refractivity contribution in [3.63, 3.8) is 0 Å². The van der Waals surface area contributed by atoms with Crippen LogP contribution in [0, 0.1) is 0 Å². The zero-order chi connectivity index (χ0) is 21.6. The number of hydrogen-bond donors (Lipinski definition) is 1. The lowest BCUT2D eigenvalue weighted by Crippen LogP contribution is -2.50. The highest BCUT2D eigenvalue weighted by Crippen LogP contribution is 2.54. The third-order valence-corrected chi connectivity index (χ3v) is 6.29. The summed E-state index contributed by atoms with van der Waals surface area (Å²) in [5.41, 5.74) is 0.0259. The molecule has 10 heteroatoms. The van der Waals surface area contributed by atoms with Gasteiger partial charge in [-0.25, -0.2) is 4.98 Å². The topological polar surface area (TPSA) is 75.9 Å². The lowest BCUT2D eigenvalue weighted by Gasteiger charge is -2.39. The fraction of sp³-hybridized carbons (Fsp3) is 0.333. The second kappa shape index (κ2) is 7.07. The Bertz CT molecular complexity index is 1100. The van der Waals surface area contributed by atoms with Crippen LogP contribution in [0.3, 0.4) is 0 Å². The standard InChI is InChI=1S/C21H19F3N6O/c22-21(23,24)14-6-8-25-19(11-14)28-20-7-5-15(29(20)13-31)12-17(20)16-3-1-2-4-18(16)30-26-9-10-27-30/h1-4,6,8-11,13,15,17H,5,7,12H2,(H,25,28). The van der Waals surface area contributed by atoms with Crippen molar-refractivity contribution in [3.05, 3.63) is 66.1 Å². The molecule has 0 radical (unpaired) electrons. The van der Waals surface area contributed by atoms with Gasteiger partial charge in [-0.05, 0) is 43.0 Å². The van der Waals surface area contributed by atoms with Crippen molar-refractivity contribution in [2.24, 2.45) is 0 Å². The van der Waals surface area contributed by atoms with Gasteiger partial charge in [0.1, 0.15) is 11.5 Å². The van der Waals surface area contributed by atoms with Gasteiger partial charge < -0.3 is 10.2 Å². The first-order valence-electron chi connectivity index (χ1n) is 9.93. The van der Waals surface area contributed by atoms with Crippen LogP contribution in [0.5, 0.6) is 0 Å². The predicted octanol–water partition coefficient (Wildman–Crippen LogP) is 3.60. The van der Waals surface area contributed by atoms with E-state index in [9.17, 15) is 18.0 Å². The van der Waals surface area contributed by atoms with Crippen molar-refractivity contribution in [3.8, 4) is 5.69 Å². The molecule has 2 saturated heterocycles. The van der Waals surface area contributed by atoms with Gasteiger partial charge in [0.05, 0.1) is 23.6 Å². The van der Waals surface area contributed by atoms with Crippen LogP contribution in [0.25, 0.3) is 5.69 Å². The van der Waals surface area contributed by atoms with Crippen molar-refractivity contribution < 1.29 is 18.0 Å². The van der Waals surface area contributed by atoms with E-state index in [1.54, 1.807) is 17.3 Å². The van der Waals surface area contributed by atoms with Crippen LogP contribution < -0.4 is 5.32 Å². The molecule has 2 bridgehead atoms. The number of benzene rings is 1. The van der Waals surface area contributed by atoms with Crippen LogP contribution in [0.15, 0.2) is 55.0 Å². The zero-order valence-corrected chi connectivity index (χ0v) is 16.3. The largest absolute Gasteiger partial charge is 0.416 e. The second-order valence-electron chi connectivity index (χ2n) is 7.85. The van der Waals surface area contributed by atoms with Crippen LogP contribution in [0.1, 0.15) is 36.3 Å². The minimum Gasteiger partial charge on any atom is -0.347 e. The van der Waals surface area contributed by atoms with E-state index in [1.165, 1.54) is 4.80 Å². The number of halogens is 3. The molecule has 2 aromatic heterocycles.